The van der Waals surface area contributed by atoms with Gasteiger partial charge in [-0.1, -0.05) is 46.0 Å². The van der Waals surface area contributed by atoms with Crippen molar-refractivity contribution in [1.82, 2.24) is 9.88 Å². The highest BCUT2D eigenvalue weighted by Crippen LogP contribution is 2.27. The highest BCUT2D eigenvalue weighted by molar-refractivity contribution is 5.96. The van der Waals surface area contributed by atoms with Crippen molar-refractivity contribution in [3.8, 4) is 0 Å². The number of pyridine rings is 1. The van der Waals surface area contributed by atoms with Crippen LogP contribution in [0.15, 0.2) is 10.9 Å². The normalized spacial score (nSPS) is 18.6. The summed E-state index contributed by atoms with van der Waals surface area (Å²) >= 11 is 0. The van der Waals surface area contributed by atoms with Gasteiger partial charge in [-0.25, -0.2) is 4.79 Å². The predicted octanol–water partition coefficient (Wildman–Crippen LogP) is 4.02. The third-order valence-electron chi connectivity index (χ3n) is 6.92. The second-order valence-electron chi connectivity index (χ2n) is 9.58. The number of carbonyl (C=O) groups excluding carboxylic acids is 2. The first-order chi connectivity index (χ1) is 14.9. The van der Waals surface area contributed by atoms with Crippen molar-refractivity contribution >= 4 is 11.9 Å². The molecule has 1 fully saturated rings. The van der Waals surface area contributed by atoms with Gasteiger partial charge in [0.05, 0.1) is 7.11 Å². The molecule has 1 unspecified atom stereocenters. The molecule has 2 aliphatic rings. The van der Waals surface area contributed by atoms with Crippen LogP contribution in [0.3, 0.4) is 0 Å². The second kappa shape index (κ2) is 11.0. The Hall–Kier alpha value is -2.11. The van der Waals surface area contributed by atoms with E-state index in [1.807, 2.05) is 18.4 Å². The van der Waals surface area contributed by atoms with E-state index in [1.165, 1.54) is 39.2 Å². The molecule has 1 aromatic heterocycles. The van der Waals surface area contributed by atoms with Crippen molar-refractivity contribution in [2.45, 2.75) is 97.1 Å². The molecule has 6 nitrogen and oxygen atoms in total. The van der Waals surface area contributed by atoms with Crippen LogP contribution in [0.25, 0.3) is 0 Å². The molecule has 3 rings (SSSR count). The molecular weight excluding hydrogens is 392 g/mol. The molecule has 31 heavy (non-hydrogen) atoms. The van der Waals surface area contributed by atoms with Crippen molar-refractivity contribution in [3.05, 3.63) is 33.2 Å². The Labute approximate surface area is 185 Å². The minimum Gasteiger partial charge on any atom is -0.467 e. The van der Waals surface area contributed by atoms with Gasteiger partial charge in [-0.05, 0) is 62.0 Å². The van der Waals surface area contributed by atoms with Gasteiger partial charge in [-0.15, -0.1) is 0 Å². The molecule has 0 bridgehead atoms. The van der Waals surface area contributed by atoms with Crippen LogP contribution in [-0.2, 0) is 28.9 Å². The van der Waals surface area contributed by atoms with Crippen LogP contribution in [0.5, 0.6) is 0 Å². The Bertz CT molecular complexity index is 837. The van der Waals surface area contributed by atoms with Gasteiger partial charge >= 0.3 is 5.97 Å². The molecule has 1 heterocycles. The number of amides is 1. The van der Waals surface area contributed by atoms with E-state index >= 15 is 0 Å². The number of aryl methyl sites for hydroxylation is 1. The van der Waals surface area contributed by atoms with Crippen LogP contribution in [0.1, 0.15) is 93.3 Å². The molecular formula is C25H38N2O4. The second-order valence-corrected chi connectivity index (χ2v) is 9.58. The van der Waals surface area contributed by atoms with Crippen molar-refractivity contribution in [3.63, 3.8) is 0 Å². The number of rotatable bonds is 6. The van der Waals surface area contributed by atoms with Crippen LogP contribution in [0.2, 0.25) is 0 Å². The van der Waals surface area contributed by atoms with Gasteiger partial charge in [-0.3, -0.25) is 9.59 Å². The van der Waals surface area contributed by atoms with E-state index in [0.717, 1.165) is 49.8 Å². The monoisotopic (exact) mass is 430 g/mol. The summed E-state index contributed by atoms with van der Waals surface area (Å²) in [6.07, 6.45) is 12.3. The van der Waals surface area contributed by atoms with E-state index in [1.54, 1.807) is 6.07 Å². The van der Waals surface area contributed by atoms with E-state index in [0.29, 0.717) is 12.5 Å². The Morgan fingerprint density at radius 2 is 1.71 bits per heavy atom. The van der Waals surface area contributed by atoms with Crippen LogP contribution < -0.4 is 10.9 Å². The van der Waals surface area contributed by atoms with Gasteiger partial charge in [0.1, 0.15) is 11.6 Å². The zero-order valence-corrected chi connectivity index (χ0v) is 19.4. The molecule has 172 valence electrons. The fourth-order valence-electron chi connectivity index (χ4n) is 5.06. The van der Waals surface area contributed by atoms with E-state index in [4.69, 9.17) is 4.74 Å². The number of aromatic nitrogens is 1. The van der Waals surface area contributed by atoms with Crippen molar-refractivity contribution in [2.24, 2.45) is 11.8 Å². The van der Waals surface area contributed by atoms with E-state index in [-0.39, 0.29) is 17.0 Å². The number of ether oxygens (including phenoxy) is 1. The lowest BCUT2D eigenvalue weighted by molar-refractivity contribution is -0.144. The summed E-state index contributed by atoms with van der Waals surface area (Å²) in [5, 5.41) is 2.76. The summed E-state index contributed by atoms with van der Waals surface area (Å²) in [6.45, 7) is 4.40. The maximum Gasteiger partial charge on any atom is 0.328 e. The lowest BCUT2D eigenvalue weighted by atomic mass is 9.88. The molecule has 0 aliphatic heterocycles. The van der Waals surface area contributed by atoms with Gasteiger partial charge in [0.2, 0.25) is 0 Å². The third kappa shape index (κ3) is 5.78. The minimum atomic E-state index is -0.772. The standard InChI is InChI=1S/C25H38N2O4/c1-17(2)22(25(30)31-3)26-23(28)20-15-19-13-9-4-5-10-14-21(19)27(24(20)29)16-18-11-7-6-8-12-18/h15,17-18,22H,4-14,16H2,1-3H3,(H,26,28). The molecule has 1 aromatic rings. The quantitative estimate of drug-likeness (QED) is 0.692. The van der Waals surface area contributed by atoms with E-state index in [9.17, 15) is 14.4 Å². The molecule has 0 aromatic carbocycles. The Balaban J connectivity index is 1.98. The predicted molar refractivity (Wildman–Crippen MR) is 121 cm³/mol. The average Bonchev–Trinajstić information content (AvgIpc) is 2.74. The summed E-state index contributed by atoms with van der Waals surface area (Å²) in [5.74, 6) is -0.600. The molecule has 0 saturated heterocycles. The van der Waals surface area contributed by atoms with Gasteiger partial charge in [-0.2, -0.15) is 0 Å². The Kier molecular flexibility index (Phi) is 8.33. The lowest BCUT2D eigenvalue weighted by Crippen LogP contribution is -2.47. The number of methoxy groups -OCH3 is 1. The van der Waals surface area contributed by atoms with E-state index in [2.05, 4.69) is 5.32 Å². The fraction of sp³-hybridized carbons (Fsp3) is 0.720. The average molecular weight is 431 g/mol. The number of hydrogen-bond acceptors (Lipinski definition) is 4. The topological polar surface area (TPSA) is 77.4 Å². The van der Waals surface area contributed by atoms with Crippen molar-refractivity contribution in [1.29, 1.82) is 0 Å². The number of carbonyl (C=O) groups is 2. The highest BCUT2D eigenvalue weighted by Gasteiger charge is 2.28. The zero-order valence-electron chi connectivity index (χ0n) is 19.4. The zero-order chi connectivity index (χ0) is 22.4. The fourth-order valence-corrected chi connectivity index (χ4v) is 5.06. The number of esters is 1. The van der Waals surface area contributed by atoms with Gasteiger partial charge in [0.25, 0.3) is 11.5 Å². The highest BCUT2D eigenvalue weighted by atomic mass is 16.5. The first kappa shape index (κ1) is 23.6. The van der Waals surface area contributed by atoms with Crippen LogP contribution in [-0.4, -0.2) is 29.6 Å². The SMILES string of the molecule is COC(=O)C(NC(=O)c1cc2c(n(CC3CCCCC3)c1=O)CCCCCC2)C(C)C. The van der Waals surface area contributed by atoms with Crippen molar-refractivity contribution in [2.75, 3.05) is 7.11 Å². The molecule has 6 heteroatoms. The number of nitrogens with zero attached hydrogens (tertiary/aromatic N) is 1. The Morgan fingerprint density at radius 3 is 2.35 bits per heavy atom. The largest absolute Gasteiger partial charge is 0.467 e. The Morgan fingerprint density at radius 1 is 1.06 bits per heavy atom. The molecule has 0 spiro atoms. The first-order valence-electron chi connectivity index (χ1n) is 12.1. The maximum atomic E-state index is 13.5. The summed E-state index contributed by atoms with van der Waals surface area (Å²) in [6, 6.07) is 1.02. The molecule has 1 N–H and O–H groups in total. The first-order valence-corrected chi connectivity index (χ1v) is 12.1. The number of hydrogen-bond donors (Lipinski definition) is 1. The molecule has 1 saturated carbocycles. The number of fused-ring (bicyclic) bond motifs is 1. The van der Waals surface area contributed by atoms with Gasteiger partial charge in [0.15, 0.2) is 0 Å². The van der Waals surface area contributed by atoms with Crippen LogP contribution >= 0.6 is 0 Å². The van der Waals surface area contributed by atoms with Gasteiger partial charge < -0.3 is 14.6 Å². The number of nitrogens with one attached hydrogen (secondary N) is 1. The molecule has 1 atom stereocenters. The third-order valence-corrected chi connectivity index (χ3v) is 6.92. The summed E-state index contributed by atoms with van der Waals surface area (Å²) in [7, 11) is 1.31. The van der Waals surface area contributed by atoms with E-state index < -0.39 is 17.9 Å². The minimum absolute atomic E-state index is 0.134. The van der Waals surface area contributed by atoms with Crippen LogP contribution in [0.4, 0.5) is 0 Å². The molecule has 1 amide bonds. The lowest BCUT2D eigenvalue weighted by Gasteiger charge is -2.27. The molecule has 2 aliphatic carbocycles. The smallest absolute Gasteiger partial charge is 0.328 e. The summed E-state index contributed by atoms with van der Waals surface area (Å²) in [4.78, 5) is 38.8. The van der Waals surface area contributed by atoms with Gasteiger partial charge in [0, 0.05) is 12.2 Å². The maximum absolute atomic E-state index is 13.5. The summed E-state index contributed by atoms with van der Waals surface area (Å²) < 4.78 is 6.76. The summed E-state index contributed by atoms with van der Waals surface area (Å²) in [5.41, 5.74) is 2.19. The van der Waals surface area contributed by atoms with Crippen molar-refractivity contribution < 1.29 is 14.3 Å². The van der Waals surface area contributed by atoms with Crippen LogP contribution in [0, 0.1) is 11.8 Å². The molecule has 0 radical (unpaired) electrons.